The number of hydrogen-bond acceptors (Lipinski definition) is 4. The van der Waals surface area contributed by atoms with E-state index in [1.165, 1.54) is 6.92 Å². The third-order valence-electron chi connectivity index (χ3n) is 4.75. The average Bonchev–Trinajstić information content (AvgIpc) is 2.60. The number of hydrogen-bond donors (Lipinski definition) is 1. The molecule has 0 bridgehead atoms. The SMILES string of the molecule is CCS(=O)(=O)C(C)C(=O)NCC1(c2ccccc2)CCOCC1. The Hall–Kier alpha value is -1.40. The van der Waals surface area contributed by atoms with E-state index < -0.39 is 21.0 Å². The largest absolute Gasteiger partial charge is 0.381 e. The molecule has 5 nitrogen and oxygen atoms in total. The zero-order chi connectivity index (χ0) is 16.9. The van der Waals surface area contributed by atoms with Gasteiger partial charge in [0.05, 0.1) is 0 Å². The van der Waals surface area contributed by atoms with Gasteiger partial charge in [-0.05, 0) is 25.3 Å². The third-order valence-corrected chi connectivity index (χ3v) is 6.84. The normalized spacial score (nSPS) is 19.0. The van der Waals surface area contributed by atoms with Crippen LogP contribution in [-0.2, 0) is 24.8 Å². The molecule has 1 aliphatic heterocycles. The molecule has 1 atom stereocenters. The van der Waals surface area contributed by atoms with Crippen molar-refractivity contribution in [2.45, 2.75) is 37.4 Å². The van der Waals surface area contributed by atoms with Gasteiger partial charge in [-0.1, -0.05) is 37.3 Å². The van der Waals surface area contributed by atoms with Crippen LogP contribution in [0, 0.1) is 0 Å². The smallest absolute Gasteiger partial charge is 0.238 e. The monoisotopic (exact) mass is 339 g/mol. The van der Waals surface area contributed by atoms with E-state index >= 15 is 0 Å². The summed E-state index contributed by atoms with van der Waals surface area (Å²) in [5, 5.41) is 1.84. The summed E-state index contributed by atoms with van der Waals surface area (Å²) in [5.41, 5.74) is 0.972. The highest BCUT2D eigenvalue weighted by Crippen LogP contribution is 2.34. The second-order valence-electron chi connectivity index (χ2n) is 6.07. The molecule has 0 aliphatic carbocycles. The minimum atomic E-state index is -3.37. The Morgan fingerprint density at radius 2 is 1.87 bits per heavy atom. The fraction of sp³-hybridized carbons (Fsp3) is 0.588. The topological polar surface area (TPSA) is 72.5 Å². The number of sulfone groups is 1. The van der Waals surface area contributed by atoms with Gasteiger partial charge in [0, 0.05) is 30.9 Å². The van der Waals surface area contributed by atoms with Gasteiger partial charge >= 0.3 is 0 Å². The second-order valence-corrected chi connectivity index (χ2v) is 8.68. The highest BCUT2D eigenvalue weighted by atomic mass is 32.2. The van der Waals surface area contributed by atoms with Gasteiger partial charge in [-0.25, -0.2) is 8.42 Å². The van der Waals surface area contributed by atoms with Crippen LogP contribution in [0.2, 0.25) is 0 Å². The van der Waals surface area contributed by atoms with E-state index in [0.29, 0.717) is 19.8 Å². The number of nitrogens with one attached hydrogen (secondary N) is 1. The average molecular weight is 339 g/mol. The maximum Gasteiger partial charge on any atom is 0.238 e. The first-order chi connectivity index (χ1) is 10.9. The Labute approximate surface area is 138 Å². The van der Waals surface area contributed by atoms with Gasteiger partial charge in [-0.2, -0.15) is 0 Å². The molecule has 0 spiro atoms. The second kappa shape index (κ2) is 7.45. The van der Waals surface area contributed by atoms with Crippen molar-refractivity contribution in [2.24, 2.45) is 0 Å². The number of amides is 1. The Balaban J connectivity index is 2.12. The van der Waals surface area contributed by atoms with Gasteiger partial charge in [-0.15, -0.1) is 0 Å². The van der Waals surface area contributed by atoms with Crippen LogP contribution >= 0.6 is 0 Å². The van der Waals surface area contributed by atoms with Crippen molar-refractivity contribution < 1.29 is 17.9 Å². The van der Waals surface area contributed by atoms with E-state index in [9.17, 15) is 13.2 Å². The first-order valence-electron chi connectivity index (χ1n) is 8.04. The van der Waals surface area contributed by atoms with Crippen molar-refractivity contribution in [1.29, 1.82) is 0 Å². The minimum Gasteiger partial charge on any atom is -0.381 e. The summed E-state index contributed by atoms with van der Waals surface area (Å²) < 4.78 is 29.2. The number of benzene rings is 1. The van der Waals surface area contributed by atoms with E-state index in [1.54, 1.807) is 6.92 Å². The lowest BCUT2D eigenvalue weighted by Gasteiger charge is -2.38. The molecule has 1 aliphatic rings. The Morgan fingerprint density at radius 1 is 1.26 bits per heavy atom. The van der Waals surface area contributed by atoms with Crippen LogP contribution in [0.15, 0.2) is 30.3 Å². The zero-order valence-corrected chi connectivity index (χ0v) is 14.6. The molecule has 1 unspecified atom stereocenters. The molecule has 1 aromatic rings. The number of ether oxygens (including phenoxy) is 1. The molecule has 1 fully saturated rings. The number of carbonyl (C=O) groups is 1. The molecule has 1 aromatic carbocycles. The Kier molecular flexibility index (Phi) is 5.81. The summed E-state index contributed by atoms with van der Waals surface area (Å²) in [4.78, 5) is 12.2. The standard InChI is InChI=1S/C17H25NO4S/c1-3-23(20,21)14(2)16(19)18-13-17(9-11-22-12-10-17)15-7-5-4-6-8-15/h4-8,14H,3,9-13H2,1-2H3,(H,18,19). The molecule has 0 aromatic heterocycles. The molecule has 1 N–H and O–H groups in total. The van der Waals surface area contributed by atoms with Crippen molar-refractivity contribution in [3.8, 4) is 0 Å². The summed E-state index contributed by atoms with van der Waals surface area (Å²) in [6.45, 7) is 4.74. The van der Waals surface area contributed by atoms with Crippen LogP contribution in [0.1, 0.15) is 32.3 Å². The first kappa shape index (κ1) is 17.9. The van der Waals surface area contributed by atoms with Gasteiger partial charge < -0.3 is 10.1 Å². The van der Waals surface area contributed by atoms with E-state index in [-0.39, 0.29) is 11.2 Å². The van der Waals surface area contributed by atoms with E-state index in [2.05, 4.69) is 17.4 Å². The predicted molar refractivity (Wildman–Crippen MR) is 90.1 cm³/mol. The van der Waals surface area contributed by atoms with Crippen molar-refractivity contribution in [2.75, 3.05) is 25.5 Å². The van der Waals surface area contributed by atoms with Crippen molar-refractivity contribution >= 4 is 15.7 Å². The maximum absolute atomic E-state index is 12.2. The molecule has 1 heterocycles. The third kappa shape index (κ3) is 4.12. The van der Waals surface area contributed by atoms with Crippen LogP contribution in [0.3, 0.4) is 0 Å². The van der Waals surface area contributed by atoms with Crippen LogP contribution in [-0.4, -0.2) is 45.1 Å². The van der Waals surface area contributed by atoms with E-state index in [0.717, 1.165) is 18.4 Å². The number of carbonyl (C=O) groups excluding carboxylic acids is 1. The summed E-state index contributed by atoms with van der Waals surface area (Å²) in [7, 11) is -3.37. The van der Waals surface area contributed by atoms with Crippen LogP contribution < -0.4 is 5.32 Å². The van der Waals surface area contributed by atoms with Crippen molar-refractivity contribution in [3.05, 3.63) is 35.9 Å². The lowest BCUT2D eigenvalue weighted by atomic mass is 9.74. The van der Waals surface area contributed by atoms with Gasteiger partial charge in [0.2, 0.25) is 5.91 Å². The van der Waals surface area contributed by atoms with E-state index in [4.69, 9.17) is 4.74 Å². The molecule has 0 saturated carbocycles. The Morgan fingerprint density at radius 3 is 2.43 bits per heavy atom. The fourth-order valence-electron chi connectivity index (χ4n) is 2.93. The van der Waals surface area contributed by atoms with Crippen LogP contribution in [0.5, 0.6) is 0 Å². The molecule has 1 amide bonds. The lowest BCUT2D eigenvalue weighted by Crippen LogP contribution is -2.48. The Bertz CT molecular complexity index is 621. The zero-order valence-electron chi connectivity index (χ0n) is 13.7. The quantitative estimate of drug-likeness (QED) is 0.856. The minimum absolute atomic E-state index is 0.0285. The summed E-state index contributed by atoms with van der Waals surface area (Å²) in [6, 6.07) is 10.1. The van der Waals surface area contributed by atoms with Gasteiger partial charge in [0.25, 0.3) is 0 Å². The molecule has 128 valence electrons. The summed E-state index contributed by atoms with van der Waals surface area (Å²) in [6.07, 6.45) is 1.62. The predicted octanol–water partition coefficient (Wildman–Crippen LogP) is 1.67. The highest BCUT2D eigenvalue weighted by Gasteiger charge is 2.36. The fourth-order valence-corrected chi connectivity index (χ4v) is 3.84. The molecule has 23 heavy (non-hydrogen) atoms. The number of rotatable bonds is 6. The summed E-state index contributed by atoms with van der Waals surface area (Å²) >= 11 is 0. The summed E-state index contributed by atoms with van der Waals surface area (Å²) in [5.74, 6) is -0.451. The van der Waals surface area contributed by atoms with Crippen LogP contribution in [0.4, 0.5) is 0 Å². The van der Waals surface area contributed by atoms with Gasteiger partial charge in [0.15, 0.2) is 9.84 Å². The molecule has 0 radical (unpaired) electrons. The molecular weight excluding hydrogens is 314 g/mol. The first-order valence-corrected chi connectivity index (χ1v) is 9.75. The van der Waals surface area contributed by atoms with Gasteiger partial charge in [0.1, 0.15) is 5.25 Å². The molecule has 6 heteroatoms. The molecule has 1 saturated heterocycles. The van der Waals surface area contributed by atoms with E-state index in [1.807, 2.05) is 18.2 Å². The van der Waals surface area contributed by atoms with Crippen LogP contribution in [0.25, 0.3) is 0 Å². The molecular formula is C17H25NO4S. The maximum atomic E-state index is 12.2. The van der Waals surface area contributed by atoms with Crippen molar-refractivity contribution in [3.63, 3.8) is 0 Å². The highest BCUT2D eigenvalue weighted by molar-refractivity contribution is 7.92. The molecule has 2 rings (SSSR count). The van der Waals surface area contributed by atoms with Crippen molar-refractivity contribution in [1.82, 2.24) is 5.32 Å². The van der Waals surface area contributed by atoms with Gasteiger partial charge in [-0.3, -0.25) is 4.79 Å². The lowest BCUT2D eigenvalue weighted by molar-refractivity contribution is -0.120.